The number of aromatic nitrogens is 1. The molecule has 0 amide bonds. The van der Waals surface area contributed by atoms with E-state index in [0.717, 1.165) is 53.4 Å². The molecular formula is C26H24ClNO3S. The maximum absolute atomic E-state index is 13.5. The van der Waals surface area contributed by atoms with Crippen LogP contribution in [0.3, 0.4) is 0 Å². The molecule has 1 aromatic heterocycles. The van der Waals surface area contributed by atoms with Crippen LogP contribution in [0.25, 0.3) is 15.8 Å². The van der Waals surface area contributed by atoms with Crippen molar-refractivity contribution in [2.75, 3.05) is 0 Å². The number of hydrogen-bond acceptors (Lipinski definition) is 5. The smallest absolute Gasteiger partial charge is 0.279 e. The third-order valence-electron chi connectivity index (χ3n) is 7.61. The number of aryl methyl sites for hydroxylation is 1. The summed E-state index contributed by atoms with van der Waals surface area (Å²) < 4.78 is 7.06. The lowest BCUT2D eigenvalue weighted by Crippen LogP contribution is -2.41. The Labute approximate surface area is 195 Å². The van der Waals surface area contributed by atoms with E-state index < -0.39 is 0 Å². The van der Waals surface area contributed by atoms with Crippen molar-refractivity contribution in [1.29, 1.82) is 0 Å². The van der Waals surface area contributed by atoms with E-state index in [1.165, 1.54) is 11.3 Å². The quantitative estimate of drug-likeness (QED) is 0.442. The minimum absolute atomic E-state index is 0.00768. The molecule has 2 bridgehead atoms. The molecule has 3 saturated carbocycles. The number of hydrogen-bond donors (Lipinski definition) is 1. The lowest BCUT2D eigenvalue weighted by atomic mass is 9.59. The second-order valence-electron chi connectivity index (χ2n) is 9.22. The summed E-state index contributed by atoms with van der Waals surface area (Å²) in [6.07, 6.45) is 5.26. The van der Waals surface area contributed by atoms with Crippen molar-refractivity contribution in [1.82, 2.24) is 4.98 Å². The van der Waals surface area contributed by atoms with Crippen LogP contribution in [-0.2, 0) is 11.2 Å². The van der Waals surface area contributed by atoms with Gasteiger partial charge in [0.15, 0.2) is 5.78 Å². The Hall–Kier alpha value is -2.37. The number of rotatable bonds is 4. The van der Waals surface area contributed by atoms with E-state index in [0.29, 0.717) is 39.1 Å². The van der Waals surface area contributed by atoms with Gasteiger partial charge in [0.2, 0.25) is 0 Å². The van der Waals surface area contributed by atoms with Crippen LogP contribution >= 0.6 is 22.9 Å². The van der Waals surface area contributed by atoms with Gasteiger partial charge < -0.3 is 9.84 Å². The predicted octanol–water partition coefficient (Wildman–Crippen LogP) is 7.21. The van der Waals surface area contributed by atoms with Crippen molar-refractivity contribution in [2.45, 2.75) is 39.0 Å². The maximum Gasteiger partial charge on any atom is 0.279 e. The molecule has 3 fully saturated rings. The number of ether oxygens (including phenoxy) is 1. The van der Waals surface area contributed by atoms with Crippen molar-refractivity contribution in [3.63, 3.8) is 0 Å². The summed E-state index contributed by atoms with van der Waals surface area (Å²) in [6.45, 7) is 2.07. The summed E-state index contributed by atoms with van der Waals surface area (Å²) in [5.41, 5.74) is 3.22. The van der Waals surface area contributed by atoms with Gasteiger partial charge in [-0.3, -0.25) is 4.79 Å². The minimum Gasteiger partial charge on any atom is -0.511 e. The van der Waals surface area contributed by atoms with Gasteiger partial charge in [-0.1, -0.05) is 35.9 Å². The van der Waals surface area contributed by atoms with Gasteiger partial charge in [-0.05, 0) is 85.4 Å². The van der Waals surface area contributed by atoms with Gasteiger partial charge in [0.05, 0.1) is 15.8 Å². The van der Waals surface area contributed by atoms with Crippen molar-refractivity contribution in [3.05, 3.63) is 58.3 Å². The first-order chi connectivity index (χ1) is 15.5. The van der Waals surface area contributed by atoms with E-state index >= 15 is 0 Å². The monoisotopic (exact) mass is 465 g/mol. The molecule has 6 heteroatoms. The van der Waals surface area contributed by atoms with Crippen molar-refractivity contribution in [3.8, 4) is 10.9 Å². The molecule has 0 radical (unpaired) electrons. The van der Waals surface area contributed by atoms with Gasteiger partial charge >= 0.3 is 0 Å². The second-order valence-corrected chi connectivity index (χ2v) is 10.6. The topological polar surface area (TPSA) is 59.4 Å². The average Bonchev–Trinajstić information content (AvgIpc) is 3.32. The molecule has 32 heavy (non-hydrogen) atoms. The largest absolute Gasteiger partial charge is 0.511 e. The molecule has 4 nitrogen and oxygen atoms in total. The van der Waals surface area contributed by atoms with Crippen LogP contribution in [0, 0.1) is 23.7 Å². The van der Waals surface area contributed by atoms with Crippen LogP contribution in [0.1, 0.15) is 43.7 Å². The molecule has 4 aliphatic rings. The zero-order valence-corrected chi connectivity index (χ0v) is 19.4. The number of Topliss-reactive ketones (excluding diaryl/α,β-unsaturated/α-hetero) is 1. The number of carbonyl (C=O) groups excluding carboxylic acids is 1. The fourth-order valence-corrected chi connectivity index (χ4v) is 7.24. The van der Waals surface area contributed by atoms with Crippen LogP contribution in [-0.4, -0.2) is 15.9 Å². The SMILES string of the molecule is CCc1ccc(Oc2nc3ccc(Cl)cc3s2)cc1C1=C(O)C2C3CCC(CC3)[C@@H]2C1=O. The first kappa shape index (κ1) is 20.3. The molecule has 0 aliphatic heterocycles. The minimum atomic E-state index is -0.0409. The van der Waals surface area contributed by atoms with Gasteiger partial charge in [0.1, 0.15) is 11.5 Å². The lowest BCUT2D eigenvalue weighted by Gasteiger charge is -2.44. The molecule has 0 saturated heterocycles. The molecule has 3 aromatic rings. The van der Waals surface area contributed by atoms with Crippen molar-refractivity contribution >= 4 is 44.5 Å². The number of nitrogens with zero attached hydrogens (tertiary/aromatic N) is 1. The number of ketones is 1. The number of carbonyl (C=O) groups is 1. The van der Waals surface area contributed by atoms with Gasteiger partial charge in [0, 0.05) is 16.9 Å². The van der Waals surface area contributed by atoms with E-state index in [4.69, 9.17) is 16.3 Å². The highest BCUT2D eigenvalue weighted by atomic mass is 35.5. The maximum atomic E-state index is 13.5. The third-order valence-corrected chi connectivity index (χ3v) is 8.74. The molecule has 1 unspecified atom stereocenters. The van der Waals surface area contributed by atoms with E-state index in [9.17, 15) is 9.90 Å². The standard InChI is InChI=1S/C26H24ClNO3S/c1-2-13-7-9-17(31-26-28-19-10-8-16(27)11-20(19)32-26)12-18(13)23-24(29)21-14-3-4-15(6-5-14)22(21)25(23)30/h7-12,14-15,21-22,29H,2-6H2,1H3/t14?,15?,21?,22-/m0/s1. The van der Waals surface area contributed by atoms with Crippen LogP contribution in [0.2, 0.25) is 5.02 Å². The Morgan fingerprint density at radius 3 is 2.56 bits per heavy atom. The fraction of sp³-hybridized carbons (Fsp3) is 0.385. The number of halogens is 1. The molecule has 7 rings (SSSR count). The van der Waals surface area contributed by atoms with Crippen LogP contribution < -0.4 is 4.74 Å². The Morgan fingerprint density at radius 1 is 1.09 bits per heavy atom. The first-order valence-electron chi connectivity index (χ1n) is 11.4. The summed E-state index contributed by atoms with van der Waals surface area (Å²) >= 11 is 7.53. The van der Waals surface area contributed by atoms with Gasteiger partial charge in [-0.25, -0.2) is 4.98 Å². The highest BCUT2D eigenvalue weighted by Crippen LogP contribution is 2.57. The molecule has 1 heterocycles. The summed E-state index contributed by atoms with van der Waals surface area (Å²) in [6, 6.07) is 11.4. The molecule has 2 atom stereocenters. The number of allylic oxidation sites excluding steroid dienone is 2. The Kier molecular flexibility index (Phi) is 4.81. The van der Waals surface area contributed by atoms with Gasteiger partial charge in [-0.15, -0.1) is 0 Å². The average molecular weight is 466 g/mol. The first-order valence-corrected chi connectivity index (χ1v) is 12.6. The number of aliphatic hydroxyl groups is 1. The van der Waals surface area contributed by atoms with Crippen molar-refractivity contribution < 1.29 is 14.6 Å². The van der Waals surface area contributed by atoms with Crippen LogP contribution in [0.4, 0.5) is 0 Å². The second kappa shape index (κ2) is 7.60. The number of thiazole rings is 1. The highest BCUT2D eigenvalue weighted by Gasteiger charge is 2.54. The third kappa shape index (κ3) is 3.09. The number of aliphatic hydroxyl groups excluding tert-OH is 1. The van der Waals surface area contributed by atoms with E-state index in [-0.39, 0.29) is 17.6 Å². The van der Waals surface area contributed by atoms with Crippen LogP contribution in [0.15, 0.2) is 42.2 Å². The molecule has 4 aliphatic carbocycles. The number of fused-ring (bicyclic) bond motifs is 3. The summed E-state index contributed by atoms with van der Waals surface area (Å²) in [7, 11) is 0. The Morgan fingerprint density at radius 2 is 1.84 bits per heavy atom. The number of benzene rings is 2. The normalized spacial score (nSPS) is 26.8. The fourth-order valence-electron chi connectivity index (χ4n) is 6.13. The molecule has 164 valence electrons. The summed E-state index contributed by atoms with van der Waals surface area (Å²) in [4.78, 5) is 18.1. The van der Waals surface area contributed by atoms with Crippen molar-refractivity contribution in [2.24, 2.45) is 23.7 Å². The van der Waals surface area contributed by atoms with E-state index in [2.05, 4.69) is 11.9 Å². The zero-order valence-electron chi connectivity index (χ0n) is 17.8. The van der Waals surface area contributed by atoms with Crippen LogP contribution in [0.5, 0.6) is 10.9 Å². The Bertz CT molecular complexity index is 1270. The highest BCUT2D eigenvalue weighted by molar-refractivity contribution is 7.20. The van der Waals surface area contributed by atoms with E-state index in [1.54, 1.807) is 0 Å². The molecule has 2 aromatic carbocycles. The molecule has 0 spiro atoms. The Balaban J connectivity index is 1.38. The van der Waals surface area contributed by atoms with Gasteiger partial charge in [-0.2, -0.15) is 0 Å². The zero-order chi connectivity index (χ0) is 22.0. The summed E-state index contributed by atoms with van der Waals surface area (Å²) in [5, 5.41) is 12.4. The predicted molar refractivity (Wildman–Crippen MR) is 128 cm³/mol. The summed E-state index contributed by atoms with van der Waals surface area (Å²) in [5.74, 6) is 1.88. The molecular weight excluding hydrogens is 442 g/mol. The lowest BCUT2D eigenvalue weighted by molar-refractivity contribution is -0.123. The van der Waals surface area contributed by atoms with Gasteiger partial charge in [0.25, 0.3) is 5.19 Å². The van der Waals surface area contributed by atoms with E-state index in [1.807, 2.05) is 36.4 Å². The molecule has 1 N–H and O–H groups in total.